The van der Waals surface area contributed by atoms with Crippen LogP contribution in [0.5, 0.6) is 0 Å². The lowest BCUT2D eigenvalue weighted by atomic mass is 9.66. The summed E-state index contributed by atoms with van der Waals surface area (Å²) in [4.78, 5) is 21.8. The van der Waals surface area contributed by atoms with Crippen LogP contribution in [0.2, 0.25) is 0 Å². The smallest absolute Gasteiger partial charge is 0.303 e. The molecule has 6 unspecified atom stereocenters. The SMILES string of the molecule is CC(=O)OC1CC2CCC1(C)C2(C)C.CC1(C)C2CCC1(C)C(CC(=O)O)C2. The number of esters is 1. The van der Waals surface area contributed by atoms with E-state index in [0.29, 0.717) is 23.2 Å². The van der Waals surface area contributed by atoms with E-state index in [0.717, 1.165) is 24.7 Å². The summed E-state index contributed by atoms with van der Waals surface area (Å²) in [6.07, 6.45) is 7.79. The number of hydrogen-bond donors (Lipinski definition) is 1. The Balaban J connectivity index is 0.000000161. The van der Waals surface area contributed by atoms with E-state index in [9.17, 15) is 9.59 Å². The van der Waals surface area contributed by atoms with Crippen LogP contribution in [0.25, 0.3) is 0 Å². The van der Waals surface area contributed by atoms with Crippen molar-refractivity contribution in [2.75, 3.05) is 0 Å². The van der Waals surface area contributed by atoms with E-state index in [1.54, 1.807) is 0 Å². The van der Waals surface area contributed by atoms with Crippen LogP contribution in [0.15, 0.2) is 0 Å². The zero-order chi connectivity index (χ0) is 21.1. The van der Waals surface area contributed by atoms with Crippen molar-refractivity contribution in [2.24, 2.45) is 39.4 Å². The molecule has 4 aliphatic rings. The van der Waals surface area contributed by atoms with E-state index in [4.69, 9.17) is 9.84 Å². The molecule has 0 heterocycles. The van der Waals surface area contributed by atoms with Gasteiger partial charge >= 0.3 is 11.9 Å². The molecule has 0 spiro atoms. The second kappa shape index (κ2) is 6.74. The summed E-state index contributed by atoms with van der Waals surface area (Å²) in [7, 11) is 0. The van der Waals surface area contributed by atoms with Gasteiger partial charge in [-0.2, -0.15) is 0 Å². The fourth-order valence-corrected chi connectivity index (χ4v) is 7.40. The molecule has 0 aromatic rings. The van der Waals surface area contributed by atoms with Gasteiger partial charge in [0, 0.05) is 18.8 Å². The summed E-state index contributed by atoms with van der Waals surface area (Å²) in [6, 6.07) is 0. The Morgan fingerprint density at radius 2 is 1.39 bits per heavy atom. The van der Waals surface area contributed by atoms with Crippen LogP contribution in [0.1, 0.15) is 93.4 Å². The molecular formula is C24H40O4. The number of hydrogen-bond acceptors (Lipinski definition) is 3. The average Bonchev–Trinajstić information content (AvgIpc) is 3.06. The maximum Gasteiger partial charge on any atom is 0.303 e. The van der Waals surface area contributed by atoms with Gasteiger partial charge in [-0.3, -0.25) is 9.59 Å². The first-order chi connectivity index (χ1) is 12.8. The molecule has 4 fully saturated rings. The van der Waals surface area contributed by atoms with E-state index < -0.39 is 5.97 Å². The van der Waals surface area contributed by atoms with Crippen molar-refractivity contribution in [3.63, 3.8) is 0 Å². The van der Waals surface area contributed by atoms with Gasteiger partial charge in [-0.1, -0.05) is 41.5 Å². The van der Waals surface area contributed by atoms with Gasteiger partial charge in [0.1, 0.15) is 6.10 Å². The normalized spacial score (nSPS) is 44.1. The van der Waals surface area contributed by atoms with Gasteiger partial charge < -0.3 is 9.84 Å². The second-order valence-electron chi connectivity index (χ2n) is 11.6. The summed E-state index contributed by atoms with van der Waals surface area (Å²) in [5.41, 5.74) is 1.18. The van der Waals surface area contributed by atoms with Crippen LogP contribution >= 0.6 is 0 Å². The molecule has 1 N–H and O–H groups in total. The van der Waals surface area contributed by atoms with E-state index in [2.05, 4.69) is 41.5 Å². The molecule has 0 amide bonds. The highest BCUT2D eigenvalue weighted by molar-refractivity contribution is 5.67. The van der Waals surface area contributed by atoms with Gasteiger partial charge in [0.05, 0.1) is 0 Å². The summed E-state index contributed by atoms with van der Waals surface area (Å²) < 4.78 is 5.44. The van der Waals surface area contributed by atoms with Gasteiger partial charge in [-0.15, -0.1) is 0 Å². The molecule has 4 heteroatoms. The molecule has 6 atom stereocenters. The predicted molar refractivity (Wildman–Crippen MR) is 110 cm³/mol. The maximum absolute atomic E-state index is 11.0. The maximum atomic E-state index is 11.0. The molecule has 4 aliphatic carbocycles. The summed E-state index contributed by atoms with van der Waals surface area (Å²) in [6.45, 7) is 15.4. The molecule has 0 saturated heterocycles. The Labute approximate surface area is 170 Å². The predicted octanol–water partition coefficient (Wildman–Crippen LogP) is 5.69. The van der Waals surface area contributed by atoms with Gasteiger partial charge in [0.25, 0.3) is 0 Å². The lowest BCUT2D eigenvalue weighted by molar-refractivity contribution is -0.154. The van der Waals surface area contributed by atoms with Crippen molar-refractivity contribution in [3.8, 4) is 0 Å². The highest BCUT2D eigenvalue weighted by Crippen LogP contribution is 2.69. The quantitative estimate of drug-likeness (QED) is 0.627. The van der Waals surface area contributed by atoms with Crippen LogP contribution in [-0.4, -0.2) is 23.1 Å². The number of aliphatic carboxylic acids is 1. The highest BCUT2D eigenvalue weighted by Gasteiger charge is 2.63. The number of ether oxygens (including phenoxy) is 1. The zero-order valence-electron chi connectivity index (χ0n) is 18.9. The van der Waals surface area contributed by atoms with Gasteiger partial charge in [-0.25, -0.2) is 0 Å². The van der Waals surface area contributed by atoms with E-state index >= 15 is 0 Å². The lowest BCUT2D eigenvalue weighted by Crippen LogP contribution is -2.37. The molecule has 4 rings (SSSR count). The fourth-order valence-electron chi connectivity index (χ4n) is 7.40. The third-order valence-electron chi connectivity index (χ3n) is 10.4. The van der Waals surface area contributed by atoms with Crippen LogP contribution in [0.3, 0.4) is 0 Å². The van der Waals surface area contributed by atoms with Crippen molar-refractivity contribution in [1.29, 1.82) is 0 Å². The van der Waals surface area contributed by atoms with E-state index in [1.165, 1.54) is 32.6 Å². The average molecular weight is 393 g/mol. The summed E-state index contributed by atoms with van der Waals surface area (Å²) in [5.74, 6) is 1.17. The van der Waals surface area contributed by atoms with Crippen LogP contribution in [0.4, 0.5) is 0 Å². The minimum atomic E-state index is -0.625. The first-order valence-corrected chi connectivity index (χ1v) is 11.1. The monoisotopic (exact) mass is 392 g/mol. The first-order valence-electron chi connectivity index (χ1n) is 11.1. The molecule has 0 aliphatic heterocycles. The first kappa shape index (κ1) is 21.6. The van der Waals surface area contributed by atoms with E-state index in [-0.39, 0.29) is 22.9 Å². The minimum absolute atomic E-state index is 0.125. The molecule has 4 bridgehead atoms. The molecule has 28 heavy (non-hydrogen) atoms. The number of carboxylic acid groups (broad SMARTS) is 1. The third kappa shape index (κ3) is 3.01. The Kier molecular flexibility index (Phi) is 5.21. The van der Waals surface area contributed by atoms with Crippen molar-refractivity contribution in [1.82, 2.24) is 0 Å². The number of rotatable bonds is 3. The molecule has 160 valence electrons. The third-order valence-corrected chi connectivity index (χ3v) is 10.4. The Bertz CT molecular complexity index is 595. The second-order valence-corrected chi connectivity index (χ2v) is 11.6. The summed E-state index contributed by atoms with van der Waals surface area (Å²) >= 11 is 0. The van der Waals surface area contributed by atoms with Gasteiger partial charge in [0.2, 0.25) is 0 Å². The lowest BCUT2D eigenvalue weighted by Gasteiger charge is -2.38. The van der Waals surface area contributed by atoms with Crippen LogP contribution < -0.4 is 0 Å². The molecule has 0 aromatic heterocycles. The topological polar surface area (TPSA) is 63.6 Å². The summed E-state index contributed by atoms with van der Waals surface area (Å²) in [5, 5.41) is 8.89. The van der Waals surface area contributed by atoms with Crippen LogP contribution in [-0.2, 0) is 14.3 Å². The van der Waals surface area contributed by atoms with E-state index in [1.807, 2.05) is 0 Å². The molecule has 0 radical (unpaired) electrons. The molecular weight excluding hydrogens is 352 g/mol. The number of carboxylic acids is 1. The van der Waals surface area contributed by atoms with Crippen molar-refractivity contribution in [2.45, 2.75) is 99.5 Å². The Morgan fingerprint density at radius 1 is 0.893 bits per heavy atom. The minimum Gasteiger partial charge on any atom is -0.481 e. The zero-order valence-corrected chi connectivity index (χ0v) is 18.9. The standard InChI is InChI=1S/2C12H20O2/c1-8(13)14-10-7-9-5-6-12(10,4)11(9,2)3;1-11(2)8-4-5-12(11,3)9(6-8)7-10(13)14/h9-10H,5-7H2,1-4H3;8-9H,4-7H2,1-3H3,(H,13,14). The molecule has 4 nitrogen and oxygen atoms in total. The number of carbonyl (C=O) groups is 2. The van der Waals surface area contributed by atoms with Crippen LogP contribution in [0, 0.1) is 39.4 Å². The molecule has 4 saturated carbocycles. The highest BCUT2D eigenvalue weighted by atomic mass is 16.5. The van der Waals surface area contributed by atoms with Gasteiger partial charge in [-0.05, 0) is 72.5 Å². The number of fused-ring (bicyclic) bond motifs is 4. The fraction of sp³-hybridized carbons (Fsp3) is 0.917. The van der Waals surface area contributed by atoms with Crippen molar-refractivity contribution >= 4 is 11.9 Å². The largest absolute Gasteiger partial charge is 0.481 e. The molecule has 0 aromatic carbocycles. The Morgan fingerprint density at radius 3 is 1.71 bits per heavy atom. The Hall–Kier alpha value is -1.06. The van der Waals surface area contributed by atoms with Crippen molar-refractivity contribution < 1.29 is 19.4 Å². The van der Waals surface area contributed by atoms with Crippen molar-refractivity contribution in [3.05, 3.63) is 0 Å². The van der Waals surface area contributed by atoms with Gasteiger partial charge in [0.15, 0.2) is 0 Å². The number of carbonyl (C=O) groups excluding carboxylic acids is 1.